The molecule has 3 aromatic heterocycles. The molecule has 1 aromatic carbocycles. The summed E-state index contributed by atoms with van der Waals surface area (Å²) in [6, 6.07) is 5.71. The SMILES string of the molecule is COc1ccc2cnn(C)c2c1NS(=O)(=O)c1ccc(-n2ncc(C(F)(F)F)n2)nc1. The summed E-state index contributed by atoms with van der Waals surface area (Å²) in [7, 11) is -1.06. The molecule has 31 heavy (non-hydrogen) atoms. The molecule has 0 fully saturated rings. The summed E-state index contributed by atoms with van der Waals surface area (Å²) < 4.78 is 73.1. The van der Waals surface area contributed by atoms with Crippen LogP contribution in [0.3, 0.4) is 0 Å². The highest BCUT2D eigenvalue weighted by molar-refractivity contribution is 7.92. The first kappa shape index (κ1) is 20.6. The van der Waals surface area contributed by atoms with Gasteiger partial charge < -0.3 is 4.74 Å². The Labute approximate surface area is 173 Å². The predicted octanol–water partition coefficient (Wildman–Crippen LogP) is 2.38. The second-order valence-electron chi connectivity index (χ2n) is 6.32. The second kappa shape index (κ2) is 7.23. The third-order valence-electron chi connectivity index (χ3n) is 4.34. The molecule has 0 radical (unpaired) electrons. The maximum atomic E-state index is 12.9. The zero-order valence-corrected chi connectivity index (χ0v) is 16.8. The van der Waals surface area contributed by atoms with Gasteiger partial charge in [0.1, 0.15) is 16.3 Å². The van der Waals surface area contributed by atoms with Gasteiger partial charge in [0.2, 0.25) is 0 Å². The van der Waals surface area contributed by atoms with Crippen LogP contribution in [-0.2, 0) is 23.2 Å². The van der Waals surface area contributed by atoms with Gasteiger partial charge in [-0.15, -0.1) is 9.90 Å². The number of ether oxygens (including phenoxy) is 1. The van der Waals surface area contributed by atoms with Crippen LogP contribution in [-0.4, -0.2) is 45.3 Å². The van der Waals surface area contributed by atoms with Gasteiger partial charge in [-0.1, -0.05) is 0 Å². The zero-order valence-electron chi connectivity index (χ0n) is 16.0. The molecule has 0 aliphatic rings. The standard InChI is InChI=1S/C17H14F3N7O3S/c1-26-16-10(7-22-26)3-5-12(30-2)15(16)25-31(28,29)11-4-6-14(21-8-11)27-23-9-13(24-27)17(18,19)20/h3-9,25H,1-2H3. The molecule has 0 bridgehead atoms. The van der Waals surface area contributed by atoms with E-state index >= 15 is 0 Å². The Morgan fingerprint density at radius 1 is 1.06 bits per heavy atom. The first-order chi connectivity index (χ1) is 14.6. The first-order valence-electron chi connectivity index (χ1n) is 8.57. The Hall–Kier alpha value is -3.68. The molecule has 0 unspecified atom stereocenters. The van der Waals surface area contributed by atoms with Crippen LogP contribution in [0.15, 0.2) is 47.8 Å². The maximum Gasteiger partial charge on any atom is 0.436 e. The van der Waals surface area contributed by atoms with Crippen LogP contribution in [0.2, 0.25) is 0 Å². The summed E-state index contributed by atoms with van der Waals surface area (Å²) in [6.45, 7) is 0. The summed E-state index contributed by atoms with van der Waals surface area (Å²) in [5.41, 5.74) is -0.496. The normalized spacial score (nSPS) is 12.3. The van der Waals surface area contributed by atoms with Gasteiger partial charge in [0.05, 0.1) is 25.0 Å². The van der Waals surface area contributed by atoms with E-state index in [1.165, 1.54) is 23.9 Å². The van der Waals surface area contributed by atoms with Gasteiger partial charge in [-0.05, 0) is 24.3 Å². The van der Waals surface area contributed by atoms with E-state index in [4.69, 9.17) is 4.74 Å². The van der Waals surface area contributed by atoms with Crippen molar-refractivity contribution in [2.75, 3.05) is 11.8 Å². The van der Waals surface area contributed by atoms with Gasteiger partial charge in [-0.3, -0.25) is 9.40 Å². The second-order valence-corrected chi connectivity index (χ2v) is 8.01. The minimum absolute atomic E-state index is 0.0826. The minimum atomic E-state index is -4.66. The number of hydrogen-bond acceptors (Lipinski definition) is 7. The molecule has 1 N–H and O–H groups in total. The fourth-order valence-corrected chi connectivity index (χ4v) is 3.89. The average Bonchev–Trinajstić information content (AvgIpc) is 3.36. The highest BCUT2D eigenvalue weighted by atomic mass is 32.2. The Kier molecular flexibility index (Phi) is 4.80. The monoisotopic (exact) mass is 453 g/mol. The number of halogens is 3. The number of fused-ring (bicyclic) bond motifs is 1. The van der Waals surface area contributed by atoms with E-state index in [1.54, 1.807) is 25.4 Å². The quantitative estimate of drug-likeness (QED) is 0.493. The lowest BCUT2D eigenvalue weighted by Crippen LogP contribution is -2.15. The number of methoxy groups -OCH3 is 1. The number of rotatable bonds is 5. The van der Waals surface area contributed by atoms with Crippen LogP contribution in [0.5, 0.6) is 5.75 Å². The van der Waals surface area contributed by atoms with E-state index in [9.17, 15) is 21.6 Å². The van der Waals surface area contributed by atoms with E-state index in [0.717, 1.165) is 6.20 Å². The molecule has 0 aliphatic heterocycles. The number of aryl methyl sites for hydroxylation is 1. The number of alkyl halides is 3. The van der Waals surface area contributed by atoms with Crippen LogP contribution in [0.25, 0.3) is 16.7 Å². The lowest BCUT2D eigenvalue weighted by atomic mass is 10.2. The number of nitrogens with zero attached hydrogens (tertiary/aromatic N) is 6. The average molecular weight is 453 g/mol. The third kappa shape index (κ3) is 3.76. The molecule has 0 atom stereocenters. The molecule has 0 spiro atoms. The Morgan fingerprint density at radius 3 is 2.45 bits per heavy atom. The third-order valence-corrected chi connectivity index (χ3v) is 5.67. The fraction of sp³-hybridized carbons (Fsp3) is 0.176. The molecule has 162 valence electrons. The van der Waals surface area contributed by atoms with E-state index < -0.39 is 21.9 Å². The van der Waals surface area contributed by atoms with Gasteiger partial charge >= 0.3 is 6.18 Å². The molecule has 3 heterocycles. The van der Waals surface area contributed by atoms with Gasteiger partial charge in [-0.2, -0.15) is 23.4 Å². The van der Waals surface area contributed by atoms with Gasteiger partial charge in [0.15, 0.2) is 11.5 Å². The summed E-state index contributed by atoms with van der Waals surface area (Å²) in [4.78, 5) is 4.30. The molecule has 0 saturated carbocycles. The molecule has 0 saturated heterocycles. The van der Waals surface area contributed by atoms with Crippen molar-refractivity contribution < 1.29 is 26.3 Å². The summed E-state index contributed by atoms with van der Waals surface area (Å²) in [5, 5.41) is 11.6. The van der Waals surface area contributed by atoms with Crippen molar-refractivity contribution in [1.82, 2.24) is 29.8 Å². The number of hydrogen-bond donors (Lipinski definition) is 1. The van der Waals surface area contributed by atoms with Crippen LogP contribution >= 0.6 is 0 Å². The zero-order chi connectivity index (χ0) is 22.4. The first-order valence-corrected chi connectivity index (χ1v) is 10.1. The summed E-state index contributed by atoms with van der Waals surface area (Å²) >= 11 is 0. The molecule has 0 amide bonds. The van der Waals surface area contributed by atoms with Crippen molar-refractivity contribution in [3.63, 3.8) is 0 Å². The van der Waals surface area contributed by atoms with Crippen LogP contribution in [0.1, 0.15) is 5.69 Å². The molecule has 0 aliphatic carbocycles. The van der Waals surface area contributed by atoms with Gasteiger partial charge in [0, 0.05) is 18.6 Å². The fourth-order valence-electron chi connectivity index (χ4n) is 2.86. The number of pyridine rings is 1. The number of benzene rings is 1. The summed E-state index contributed by atoms with van der Waals surface area (Å²) in [6.07, 6.45) is -1.54. The molecular weight excluding hydrogens is 439 g/mol. The van der Waals surface area contributed by atoms with Crippen LogP contribution in [0.4, 0.5) is 18.9 Å². The molecule has 10 nitrogen and oxygen atoms in total. The number of sulfonamides is 1. The van der Waals surface area contributed by atoms with Crippen molar-refractivity contribution in [2.45, 2.75) is 11.1 Å². The Balaban J connectivity index is 1.67. The van der Waals surface area contributed by atoms with Crippen molar-refractivity contribution in [3.05, 3.63) is 48.5 Å². The molecule has 14 heteroatoms. The van der Waals surface area contributed by atoms with E-state index in [2.05, 4.69) is 25.0 Å². The van der Waals surface area contributed by atoms with Crippen molar-refractivity contribution >= 4 is 26.6 Å². The topological polar surface area (TPSA) is 117 Å². The van der Waals surface area contributed by atoms with Crippen LogP contribution in [0, 0.1) is 0 Å². The van der Waals surface area contributed by atoms with Crippen molar-refractivity contribution in [1.29, 1.82) is 0 Å². The van der Waals surface area contributed by atoms with Crippen LogP contribution < -0.4 is 9.46 Å². The highest BCUT2D eigenvalue weighted by Gasteiger charge is 2.34. The highest BCUT2D eigenvalue weighted by Crippen LogP contribution is 2.34. The van der Waals surface area contributed by atoms with Gasteiger partial charge in [0.25, 0.3) is 10.0 Å². The lowest BCUT2D eigenvalue weighted by molar-refractivity contribution is -0.141. The predicted molar refractivity (Wildman–Crippen MR) is 102 cm³/mol. The summed E-state index contributed by atoms with van der Waals surface area (Å²) in [5.74, 6) is 0.199. The number of nitrogens with one attached hydrogen (secondary N) is 1. The molecule has 4 rings (SSSR count). The van der Waals surface area contributed by atoms with E-state index in [1.807, 2.05) is 0 Å². The van der Waals surface area contributed by atoms with E-state index in [-0.39, 0.29) is 22.2 Å². The van der Waals surface area contributed by atoms with E-state index in [0.29, 0.717) is 21.9 Å². The number of aromatic nitrogens is 6. The number of anilines is 1. The largest absolute Gasteiger partial charge is 0.494 e. The lowest BCUT2D eigenvalue weighted by Gasteiger charge is -2.14. The van der Waals surface area contributed by atoms with Crippen molar-refractivity contribution in [2.24, 2.45) is 7.05 Å². The molecular formula is C17H14F3N7O3S. The Bertz CT molecular complexity index is 1360. The minimum Gasteiger partial charge on any atom is -0.494 e. The van der Waals surface area contributed by atoms with Gasteiger partial charge in [-0.25, -0.2) is 13.4 Å². The maximum absolute atomic E-state index is 12.9. The molecule has 4 aromatic rings. The smallest absolute Gasteiger partial charge is 0.436 e. The Morgan fingerprint density at radius 2 is 1.84 bits per heavy atom. The van der Waals surface area contributed by atoms with Crippen molar-refractivity contribution in [3.8, 4) is 11.6 Å².